The van der Waals surface area contributed by atoms with Crippen LogP contribution in [0.2, 0.25) is 0 Å². The lowest BCUT2D eigenvalue weighted by Crippen LogP contribution is -2.34. The van der Waals surface area contributed by atoms with Crippen molar-refractivity contribution in [2.24, 2.45) is 0 Å². The van der Waals surface area contributed by atoms with Crippen LogP contribution in [0.1, 0.15) is 47.7 Å². The number of carbonyl (C=O) groups excluding carboxylic acids is 1. The van der Waals surface area contributed by atoms with Gasteiger partial charge in [0.25, 0.3) is 11.5 Å². The molecule has 0 fully saturated rings. The van der Waals surface area contributed by atoms with E-state index in [4.69, 9.17) is 0 Å². The lowest BCUT2D eigenvalue weighted by atomic mass is 10.2. The van der Waals surface area contributed by atoms with Crippen molar-refractivity contribution in [3.05, 3.63) is 26.6 Å². The van der Waals surface area contributed by atoms with Crippen LogP contribution in [-0.2, 0) is 12.8 Å². The van der Waals surface area contributed by atoms with Gasteiger partial charge in [0.05, 0.1) is 5.39 Å². The van der Waals surface area contributed by atoms with E-state index >= 15 is 0 Å². The third-order valence-corrected chi connectivity index (χ3v) is 4.97. The zero-order valence-electron chi connectivity index (χ0n) is 11.6. The Morgan fingerprint density at radius 1 is 1.50 bits per heavy atom. The fourth-order valence-electron chi connectivity index (χ4n) is 2.50. The molecule has 0 bridgehead atoms. The Hall–Kier alpha value is -1.69. The van der Waals surface area contributed by atoms with Crippen molar-refractivity contribution in [2.45, 2.75) is 45.6 Å². The van der Waals surface area contributed by atoms with E-state index in [9.17, 15) is 9.59 Å². The number of aromatic nitrogens is 2. The van der Waals surface area contributed by atoms with E-state index in [0.29, 0.717) is 10.2 Å². The molecule has 0 aliphatic heterocycles. The Morgan fingerprint density at radius 2 is 2.30 bits per heavy atom. The maximum absolute atomic E-state index is 12.2. The van der Waals surface area contributed by atoms with Crippen molar-refractivity contribution in [2.75, 3.05) is 0 Å². The van der Waals surface area contributed by atoms with E-state index in [2.05, 4.69) is 15.3 Å². The normalized spacial score (nSPS) is 15.3. The van der Waals surface area contributed by atoms with Gasteiger partial charge in [0.1, 0.15) is 4.83 Å². The molecule has 0 unspecified atom stereocenters. The number of rotatable bonds is 3. The molecule has 106 valence electrons. The van der Waals surface area contributed by atoms with E-state index in [1.165, 1.54) is 4.88 Å². The third kappa shape index (κ3) is 2.14. The fourth-order valence-corrected chi connectivity index (χ4v) is 3.77. The van der Waals surface area contributed by atoms with Gasteiger partial charge in [-0.2, -0.15) is 0 Å². The van der Waals surface area contributed by atoms with E-state index in [0.717, 1.165) is 31.2 Å². The van der Waals surface area contributed by atoms with Crippen molar-refractivity contribution >= 4 is 27.5 Å². The van der Waals surface area contributed by atoms with Gasteiger partial charge < -0.3 is 10.3 Å². The van der Waals surface area contributed by atoms with E-state index in [-0.39, 0.29) is 23.3 Å². The maximum Gasteiger partial charge on any atom is 0.287 e. The van der Waals surface area contributed by atoms with Gasteiger partial charge in [0.2, 0.25) is 5.82 Å². The highest BCUT2D eigenvalue weighted by Gasteiger charge is 2.22. The van der Waals surface area contributed by atoms with Gasteiger partial charge in [-0.3, -0.25) is 9.59 Å². The van der Waals surface area contributed by atoms with Gasteiger partial charge in [-0.15, -0.1) is 11.3 Å². The summed E-state index contributed by atoms with van der Waals surface area (Å²) in [5.41, 5.74) is 0.941. The van der Waals surface area contributed by atoms with Crippen LogP contribution in [-0.4, -0.2) is 21.9 Å². The molecule has 0 saturated carbocycles. The first-order valence-corrected chi connectivity index (χ1v) is 7.77. The molecule has 2 heterocycles. The van der Waals surface area contributed by atoms with Crippen molar-refractivity contribution in [1.82, 2.24) is 15.3 Å². The number of aryl methyl sites for hydroxylation is 2. The minimum Gasteiger partial charge on any atom is -0.347 e. The molecule has 0 spiro atoms. The molecule has 2 N–H and O–H groups in total. The first-order valence-electron chi connectivity index (χ1n) is 6.95. The maximum atomic E-state index is 12.2. The Morgan fingerprint density at radius 3 is 3.05 bits per heavy atom. The molecule has 1 amide bonds. The van der Waals surface area contributed by atoms with Crippen LogP contribution in [0.3, 0.4) is 0 Å². The molecule has 20 heavy (non-hydrogen) atoms. The summed E-state index contributed by atoms with van der Waals surface area (Å²) in [6.45, 7) is 3.92. The van der Waals surface area contributed by atoms with Crippen LogP contribution >= 0.6 is 11.3 Å². The average Bonchev–Trinajstić information content (AvgIpc) is 2.97. The summed E-state index contributed by atoms with van der Waals surface area (Å²) in [5, 5.41) is 3.50. The van der Waals surface area contributed by atoms with Crippen molar-refractivity contribution < 1.29 is 4.79 Å². The predicted octanol–water partition coefficient (Wildman–Crippen LogP) is 2.00. The quantitative estimate of drug-likeness (QED) is 0.908. The van der Waals surface area contributed by atoms with Crippen LogP contribution < -0.4 is 10.9 Å². The zero-order chi connectivity index (χ0) is 14.3. The van der Waals surface area contributed by atoms with Crippen LogP contribution in [0.25, 0.3) is 10.2 Å². The zero-order valence-corrected chi connectivity index (χ0v) is 12.4. The monoisotopic (exact) mass is 291 g/mol. The number of hydrogen-bond donors (Lipinski definition) is 2. The first kappa shape index (κ1) is 13.3. The highest BCUT2D eigenvalue weighted by molar-refractivity contribution is 7.18. The van der Waals surface area contributed by atoms with Gasteiger partial charge in [0.15, 0.2) is 0 Å². The molecule has 5 nitrogen and oxygen atoms in total. The lowest BCUT2D eigenvalue weighted by Gasteiger charge is -2.10. The van der Waals surface area contributed by atoms with Gasteiger partial charge in [-0.1, -0.05) is 6.92 Å². The molecule has 3 rings (SSSR count). The van der Waals surface area contributed by atoms with E-state index in [1.807, 2.05) is 13.8 Å². The largest absolute Gasteiger partial charge is 0.347 e. The summed E-state index contributed by atoms with van der Waals surface area (Å²) in [6, 6.07) is 0.0665. The number of H-pyrrole nitrogens is 1. The summed E-state index contributed by atoms with van der Waals surface area (Å²) < 4.78 is 0. The second-order valence-corrected chi connectivity index (χ2v) is 6.32. The second kappa shape index (κ2) is 5.01. The lowest BCUT2D eigenvalue weighted by molar-refractivity contribution is 0.0929. The van der Waals surface area contributed by atoms with Gasteiger partial charge in [0, 0.05) is 10.9 Å². The summed E-state index contributed by atoms with van der Waals surface area (Å²) in [5.74, 6) is -0.199. The van der Waals surface area contributed by atoms with Gasteiger partial charge in [-0.05, 0) is 38.2 Å². The molecular weight excluding hydrogens is 274 g/mol. The minimum atomic E-state index is -0.313. The predicted molar refractivity (Wildman–Crippen MR) is 79.5 cm³/mol. The molecular formula is C14H17N3O2S. The van der Waals surface area contributed by atoms with E-state index < -0.39 is 0 Å². The van der Waals surface area contributed by atoms with Crippen LogP contribution in [0.15, 0.2) is 4.79 Å². The molecule has 0 radical (unpaired) electrons. The van der Waals surface area contributed by atoms with E-state index in [1.54, 1.807) is 11.3 Å². The summed E-state index contributed by atoms with van der Waals surface area (Å²) in [4.78, 5) is 33.2. The number of nitrogens with zero attached hydrogens (tertiary/aromatic N) is 1. The summed E-state index contributed by atoms with van der Waals surface area (Å²) in [6.07, 6.45) is 3.90. The molecule has 0 saturated heterocycles. The highest BCUT2D eigenvalue weighted by Crippen LogP contribution is 2.34. The number of carbonyl (C=O) groups is 1. The second-order valence-electron chi connectivity index (χ2n) is 5.23. The van der Waals surface area contributed by atoms with Gasteiger partial charge >= 0.3 is 0 Å². The van der Waals surface area contributed by atoms with Gasteiger partial charge in [-0.25, -0.2) is 4.98 Å². The smallest absolute Gasteiger partial charge is 0.287 e. The number of hydrogen-bond acceptors (Lipinski definition) is 4. The number of nitrogens with one attached hydrogen (secondary N) is 2. The Bertz CT molecular complexity index is 732. The van der Waals surface area contributed by atoms with Crippen molar-refractivity contribution in [3.63, 3.8) is 0 Å². The molecule has 0 aromatic carbocycles. The third-order valence-electron chi connectivity index (χ3n) is 3.78. The van der Waals surface area contributed by atoms with Crippen molar-refractivity contribution in [3.8, 4) is 0 Å². The topological polar surface area (TPSA) is 74.8 Å². The average molecular weight is 291 g/mol. The number of amides is 1. The van der Waals surface area contributed by atoms with Crippen molar-refractivity contribution in [1.29, 1.82) is 0 Å². The highest BCUT2D eigenvalue weighted by atomic mass is 32.1. The summed E-state index contributed by atoms with van der Waals surface area (Å²) >= 11 is 1.55. The summed E-state index contributed by atoms with van der Waals surface area (Å²) in [7, 11) is 0. The SMILES string of the molecule is CC[C@@H](C)NC(=O)c1nc2sc3c(c2c(=O)[nH]1)CCC3. The van der Waals surface area contributed by atoms with Crippen LogP contribution in [0.5, 0.6) is 0 Å². The number of thiophene rings is 1. The standard InChI is InChI=1S/C14H17N3O2S/c1-3-7(2)15-13(19)11-16-12(18)10-8-5-4-6-9(8)20-14(10)17-11/h7H,3-6H2,1-2H3,(H,15,19)(H,16,17,18)/t7-/m1/s1. The Labute approximate surface area is 120 Å². The molecule has 2 aromatic heterocycles. The fraction of sp³-hybridized carbons (Fsp3) is 0.500. The van der Waals surface area contributed by atoms with Crippen LogP contribution in [0, 0.1) is 0 Å². The minimum absolute atomic E-state index is 0.0665. The number of fused-ring (bicyclic) bond motifs is 3. The Balaban J connectivity index is 2.03. The molecule has 6 heteroatoms. The molecule has 1 atom stereocenters. The Kier molecular flexibility index (Phi) is 3.33. The first-order chi connectivity index (χ1) is 9.60. The number of aromatic amines is 1. The van der Waals surface area contributed by atoms with Crippen LogP contribution in [0.4, 0.5) is 0 Å². The molecule has 1 aliphatic rings. The molecule has 2 aromatic rings. The molecule has 1 aliphatic carbocycles.